The summed E-state index contributed by atoms with van der Waals surface area (Å²) in [4.78, 5) is 24.7. The lowest BCUT2D eigenvalue weighted by atomic mass is 9.62. The van der Waals surface area contributed by atoms with Gasteiger partial charge in [0.15, 0.2) is 23.0 Å². The number of hydrogen-bond donors (Lipinski definition) is 6. The lowest BCUT2D eigenvalue weighted by Crippen LogP contribution is -2.50. The molecule has 2 aromatic rings. The van der Waals surface area contributed by atoms with Gasteiger partial charge in [0.2, 0.25) is 0 Å². The van der Waals surface area contributed by atoms with E-state index in [-0.39, 0.29) is 53.1 Å². The van der Waals surface area contributed by atoms with E-state index in [0.29, 0.717) is 25.8 Å². The molecule has 6 N–H and O–H groups in total. The zero-order valence-electron chi connectivity index (χ0n) is 22.1. The first-order valence-corrected chi connectivity index (χ1v) is 12.7. The average Bonchev–Trinajstić information content (AvgIpc) is 2.81. The molecule has 0 heterocycles. The van der Waals surface area contributed by atoms with Crippen molar-refractivity contribution >= 4 is 12.2 Å². The van der Waals surface area contributed by atoms with Crippen molar-refractivity contribution in [1.29, 1.82) is 0 Å². The molecule has 1 fully saturated rings. The van der Waals surface area contributed by atoms with Crippen LogP contribution in [0.15, 0.2) is 36.4 Å². The predicted molar refractivity (Wildman–Crippen MR) is 140 cm³/mol. The molecule has 0 radical (unpaired) electrons. The zero-order valence-corrected chi connectivity index (χ0v) is 22.1. The third-order valence-corrected chi connectivity index (χ3v) is 6.75. The summed E-state index contributed by atoms with van der Waals surface area (Å²) in [5.74, 6) is -0.837. The quantitative estimate of drug-likeness (QED) is 0.262. The van der Waals surface area contributed by atoms with E-state index < -0.39 is 12.2 Å². The normalized spacial score (nSPS) is 20.3. The third-order valence-electron chi connectivity index (χ3n) is 6.75. The molecule has 2 amide bonds. The van der Waals surface area contributed by atoms with Gasteiger partial charge in [-0.05, 0) is 65.5 Å². The predicted octanol–water partition coefficient (Wildman–Crippen LogP) is 4.33. The van der Waals surface area contributed by atoms with Gasteiger partial charge in [-0.3, -0.25) is 0 Å². The Bertz CT molecular complexity index is 1140. The molecule has 1 aliphatic rings. The minimum absolute atomic E-state index is 0.0685. The van der Waals surface area contributed by atoms with E-state index in [1.807, 2.05) is 0 Å². The molecule has 0 bridgehead atoms. The van der Waals surface area contributed by atoms with E-state index in [2.05, 4.69) is 31.4 Å². The van der Waals surface area contributed by atoms with E-state index in [9.17, 15) is 30.0 Å². The summed E-state index contributed by atoms with van der Waals surface area (Å²) in [6, 6.07) is 8.81. The van der Waals surface area contributed by atoms with Crippen LogP contribution >= 0.6 is 0 Å². The van der Waals surface area contributed by atoms with Gasteiger partial charge in [-0.1, -0.05) is 32.9 Å². The fourth-order valence-corrected chi connectivity index (χ4v) is 5.39. The molecule has 1 aliphatic carbocycles. The number of benzene rings is 2. The Balaban J connectivity index is 1.43. The smallest absolute Gasteiger partial charge is 0.407 e. The summed E-state index contributed by atoms with van der Waals surface area (Å²) < 4.78 is 10.6. The zero-order chi connectivity index (χ0) is 27.9. The van der Waals surface area contributed by atoms with Crippen LogP contribution in [0.4, 0.5) is 9.59 Å². The first kappa shape index (κ1) is 28.7. The Morgan fingerprint density at radius 3 is 1.87 bits per heavy atom. The van der Waals surface area contributed by atoms with Crippen LogP contribution in [0, 0.1) is 10.8 Å². The second-order valence-corrected chi connectivity index (χ2v) is 11.2. The largest absolute Gasteiger partial charge is 0.504 e. The van der Waals surface area contributed by atoms with Crippen molar-refractivity contribution in [1.82, 2.24) is 10.6 Å². The fourth-order valence-electron chi connectivity index (χ4n) is 5.39. The number of amides is 2. The number of carbonyl (C=O) groups excluding carboxylic acids is 2. The van der Waals surface area contributed by atoms with Crippen LogP contribution in [-0.2, 0) is 22.3 Å². The number of phenolic OH excluding ortho intramolecular Hbond substituents is 4. The molecule has 2 atom stereocenters. The van der Waals surface area contributed by atoms with Crippen molar-refractivity contribution < 1.29 is 39.5 Å². The van der Waals surface area contributed by atoms with Crippen LogP contribution < -0.4 is 10.6 Å². The van der Waals surface area contributed by atoms with Gasteiger partial charge in [0.25, 0.3) is 0 Å². The summed E-state index contributed by atoms with van der Waals surface area (Å²) in [5, 5.41) is 43.7. The van der Waals surface area contributed by atoms with Gasteiger partial charge in [0.1, 0.15) is 0 Å². The van der Waals surface area contributed by atoms with Crippen LogP contribution in [0.5, 0.6) is 23.0 Å². The molecule has 2 aromatic carbocycles. The Morgan fingerprint density at radius 1 is 0.816 bits per heavy atom. The fraction of sp³-hybridized carbons (Fsp3) is 0.500. The summed E-state index contributed by atoms with van der Waals surface area (Å²) in [7, 11) is 0. The Morgan fingerprint density at radius 2 is 1.34 bits per heavy atom. The van der Waals surface area contributed by atoms with Crippen molar-refractivity contribution in [3.05, 3.63) is 47.5 Å². The summed E-state index contributed by atoms with van der Waals surface area (Å²) in [5.41, 5.74) is 1.13. The third kappa shape index (κ3) is 8.64. The van der Waals surface area contributed by atoms with Gasteiger partial charge in [-0.2, -0.15) is 0 Å². The lowest BCUT2D eigenvalue weighted by molar-refractivity contribution is 0.0626. The van der Waals surface area contributed by atoms with E-state index in [1.54, 1.807) is 12.1 Å². The highest BCUT2D eigenvalue weighted by molar-refractivity contribution is 5.68. The molecule has 10 nitrogen and oxygen atoms in total. The second kappa shape index (κ2) is 12.1. The van der Waals surface area contributed by atoms with Crippen LogP contribution in [-0.4, -0.2) is 58.4 Å². The minimum Gasteiger partial charge on any atom is -0.504 e. The Labute approximate surface area is 222 Å². The summed E-state index contributed by atoms with van der Waals surface area (Å²) >= 11 is 0. The van der Waals surface area contributed by atoms with Crippen molar-refractivity contribution in [2.75, 3.05) is 19.8 Å². The molecule has 1 saturated carbocycles. The van der Waals surface area contributed by atoms with Crippen LogP contribution in [0.2, 0.25) is 0 Å². The standard InChI is InChI=1S/C28H38N2O8/c1-27(2)14-20(30-26(36)38-11-9-19-5-7-22(32)24(34)13-19)15-28(3,16-27)17-29-25(35)37-10-8-18-4-6-21(31)23(33)12-18/h4-7,12-13,20,31-34H,8-11,14-17H2,1-3H3,(H,29,35)(H,30,36). The first-order valence-electron chi connectivity index (χ1n) is 12.7. The number of aromatic hydroxyl groups is 4. The molecular formula is C28H38N2O8. The molecule has 38 heavy (non-hydrogen) atoms. The molecular weight excluding hydrogens is 492 g/mol. The van der Waals surface area contributed by atoms with E-state index >= 15 is 0 Å². The number of hydrogen-bond acceptors (Lipinski definition) is 8. The van der Waals surface area contributed by atoms with Crippen molar-refractivity contribution in [3.63, 3.8) is 0 Å². The number of rotatable bonds is 9. The SMILES string of the molecule is CC1(C)CC(NC(=O)OCCc2ccc(O)c(O)c2)CC(C)(CNC(=O)OCCc2ccc(O)c(O)c2)C1. The maximum absolute atomic E-state index is 12.4. The van der Waals surface area contributed by atoms with Gasteiger partial charge in [-0.25, -0.2) is 9.59 Å². The number of phenols is 4. The molecule has 2 unspecified atom stereocenters. The minimum atomic E-state index is -0.540. The average molecular weight is 531 g/mol. The van der Waals surface area contributed by atoms with Gasteiger partial charge in [0.05, 0.1) is 13.2 Å². The van der Waals surface area contributed by atoms with Crippen LogP contribution in [0.3, 0.4) is 0 Å². The highest BCUT2D eigenvalue weighted by atomic mass is 16.6. The Hall–Kier alpha value is -3.82. The molecule has 10 heteroatoms. The van der Waals surface area contributed by atoms with E-state index in [4.69, 9.17) is 9.47 Å². The number of carbonyl (C=O) groups is 2. The monoisotopic (exact) mass is 530 g/mol. The summed E-state index contributed by atoms with van der Waals surface area (Å²) in [6.07, 6.45) is 2.01. The highest BCUT2D eigenvalue weighted by Crippen LogP contribution is 2.45. The van der Waals surface area contributed by atoms with Crippen LogP contribution in [0.25, 0.3) is 0 Å². The van der Waals surface area contributed by atoms with Gasteiger partial charge < -0.3 is 40.5 Å². The van der Waals surface area contributed by atoms with Crippen molar-refractivity contribution in [3.8, 4) is 23.0 Å². The van der Waals surface area contributed by atoms with Gasteiger partial charge in [-0.15, -0.1) is 0 Å². The van der Waals surface area contributed by atoms with Gasteiger partial charge in [0, 0.05) is 25.4 Å². The maximum atomic E-state index is 12.4. The van der Waals surface area contributed by atoms with Gasteiger partial charge >= 0.3 is 12.2 Å². The lowest BCUT2D eigenvalue weighted by Gasteiger charge is -2.46. The molecule has 0 spiro atoms. The second-order valence-electron chi connectivity index (χ2n) is 11.2. The summed E-state index contributed by atoms with van der Waals surface area (Å²) in [6.45, 7) is 6.97. The molecule has 0 aliphatic heterocycles. The molecule has 3 rings (SSSR count). The number of alkyl carbamates (subject to hydrolysis) is 2. The van der Waals surface area contributed by atoms with Crippen molar-refractivity contribution in [2.45, 2.75) is 58.9 Å². The molecule has 208 valence electrons. The first-order chi connectivity index (χ1) is 17.8. The van der Waals surface area contributed by atoms with Crippen molar-refractivity contribution in [2.24, 2.45) is 10.8 Å². The van der Waals surface area contributed by atoms with Crippen LogP contribution in [0.1, 0.15) is 51.2 Å². The topological polar surface area (TPSA) is 158 Å². The number of ether oxygens (including phenoxy) is 2. The maximum Gasteiger partial charge on any atom is 0.407 e. The Kier molecular flexibility index (Phi) is 9.19. The molecule has 0 aromatic heterocycles. The highest BCUT2D eigenvalue weighted by Gasteiger charge is 2.42. The van der Waals surface area contributed by atoms with E-state index in [1.165, 1.54) is 24.3 Å². The molecule has 0 saturated heterocycles. The van der Waals surface area contributed by atoms with E-state index in [0.717, 1.165) is 24.0 Å². The number of nitrogens with one attached hydrogen (secondary N) is 2.